The maximum absolute atomic E-state index is 9.88. The van der Waals surface area contributed by atoms with Gasteiger partial charge in [-0.25, -0.2) is 9.79 Å². The second-order valence-electron chi connectivity index (χ2n) is 3.25. The van der Waals surface area contributed by atoms with E-state index < -0.39 is 0 Å². The second-order valence-corrected chi connectivity index (χ2v) is 3.25. The van der Waals surface area contributed by atoms with Gasteiger partial charge in [0.05, 0.1) is 6.04 Å². The van der Waals surface area contributed by atoms with Crippen LogP contribution in [0.4, 0.5) is 0 Å². The molecule has 0 bridgehead atoms. The summed E-state index contributed by atoms with van der Waals surface area (Å²) in [4.78, 5) is 13.5. The SMILES string of the molecule is C=CC1C(N=C=O)C1(C)C. The average Bonchev–Trinajstić information content (AvgIpc) is 2.36. The molecule has 0 saturated heterocycles. The van der Waals surface area contributed by atoms with Crippen molar-refractivity contribution in [2.45, 2.75) is 19.9 Å². The van der Waals surface area contributed by atoms with Gasteiger partial charge in [-0.05, 0) is 5.41 Å². The van der Waals surface area contributed by atoms with Crippen LogP contribution in [-0.2, 0) is 4.79 Å². The van der Waals surface area contributed by atoms with Crippen LogP contribution in [0.25, 0.3) is 0 Å². The van der Waals surface area contributed by atoms with Crippen molar-refractivity contribution in [1.29, 1.82) is 0 Å². The zero-order valence-corrected chi connectivity index (χ0v) is 6.29. The molecule has 10 heavy (non-hydrogen) atoms. The van der Waals surface area contributed by atoms with Crippen molar-refractivity contribution in [3.63, 3.8) is 0 Å². The first-order valence-electron chi connectivity index (χ1n) is 3.34. The van der Waals surface area contributed by atoms with Gasteiger partial charge in [0, 0.05) is 5.92 Å². The molecule has 1 fully saturated rings. The monoisotopic (exact) mass is 137 g/mol. The lowest BCUT2D eigenvalue weighted by atomic mass is 10.1. The lowest BCUT2D eigenvalue weighted by Gasteiger charge is -1.93. The zero-order valence-electron chi connectivity index (χ0n) is 6.29. The van der Waals surface area contributed by atoms with E-state index in [4.69, 9.17) is 0 Å². The summed E-state index contributed by atoms with van der Waals surface area (Å²) in [5.74, 6) is 0.369. The van der Waals surface area contributed by atoms with E-state index in [0.717, 1.165) is 0 Å². The van der Waals surface area contributed by atoms with Crippen molar-refractivity contribution >= 4 is 6.08 Å². The molecule has 0 aliphatic heterocycles. The molecule has 1 aliphatic carbocycles. The molecule has 1 aliphatic rings. The van der Waals surface area contributed by atoms with E-state index >= 15 is 0 Å². The highest BCUT2D eigenvalue weighted by molar-refractivity contribution is 5.37. The Morgan fingerprint density at radius 2 is 2.30 bits per heavy atom. The Morgan fingerprint density at radius 1 is 1.70 bits per heavy atom. The zero-order chi connectivity index (χ0) is 7.78. The van der Waals surface area contributed by atoms with Gasteiger partial charge in [0.15, 0.2) is 0 Å². The van der Waals surface area contributed by atoms with E-state index in [1.54, 1.807) is 6.08 Å². The standard InChI is InChI=1S/C8H11NO/c1-4-6-7(9-5-10)8(6,2)3/h4,6-7H,1H2,2-3H3. The molecule has 1 rings (SSSR count). The van der Waals surface area contributed by atoms with E-state index in [-0.39, 0.29) is 11.5 Å². The maximum Gasteiger partial charge on any atom is 0.235 e. The number of hydrogen-bond donors (Lipinski definition) is 0. The fourth-order valence-electron chi connectivity index (χ4n) is 1.39. The van der Waals surface area contributed by atoms with Crippen LogP contribution in [0.5, 0.6) is 0 Å². The minimum atomic E-state index is 0.127. The first-order valence-corrected chi connectivity index (χ1v) is 3.34. The molecule has 0 aromatic rings. The van der Waals surface area contributed by atoms with Crippen molar-refractivity contribution in [2.24, 2.45) is 16.3 Å². The van der Waals surface area contributed by atoms with Crippen LogP contribution < -0.4 is 0 Å². The Morgan fingerprint density at radius 3 is 2.60 bits per heavy atom. The van der Waals surface area contributed by atoms with E-state index in [1.165, 1.54) is 0 Å². The molecule has 54 valence electrons. The van der Waals surface area contributed by atoms with Crippen molar-refractivity contribution < 1.29 is 4.79 Å². The van der Waals surface area contributed by atoms with E-state index in [9.17, 15) is 4.79 Å². The van der Waals surface area contributed by atoms with Gasteiger partial charge in [-0.1, -0.05) is 19.9 Å². The summed E-state index contributed by atoms with van der Waals surface area (Å²) >= 11 is 0. The molecular formula is C8H11NO. The number of nitrogens with zero attached hydrogens (tertiary/aromatic N) is 1. The molecular weight excluding hydrogens is 126 g/mol. The molecule has 0 heterocycles. The van der Waals surface area contributed by atoms with Crippen LogP contribution in [0.3, 0.4) is 0 Å². The summed E-state index contributed by atoms with van der Waals surface area (Å²) in [7, 11) is 0. The molecule has 0 spiro atoms. The molecule has 2 nitrogen and oxygen atoms in total. The summed E-state index contributed by atoms with van der Waals surface area (Å²) in [6.45, 7) is 7.81. The van der Waals surface area contributed by atoms with Gasteiger partial charge in [0.2, 0.25) is 6.08 Å². The minimum Gasteiger partial charge on any atom is -0.211 e. The van der Waals surface area contributed by atoms with Gasteiger partial charge in [0.25, 0.3) is 0 Å². The Hall–Kier alpha value is -0.880. The highest BCUT2D eigenvalue weighted by atomic mass is 16.1. The molecule has 1 saturated carbocycles. The van der Waals surface area contributed by atoms with Gasteiger partial charge in [-0.15, -0.1) is 6.58 Å². The largest absolute Gasteiger partial charge is 0.235 e. The molecule has 2 atom stereocenters. The van der Waals surface area contributed by atoms with Crippen LogP contribution in [-0.4, -0.2) is 12.1 Å². The number of isocyanates is 1. The highest BCUT2D eigenvalue weighted by Crippen LogP contribution is 2.54. The molecule has 0 amide bonds. The Labute approximate surface area is 60.7 Å². The summed E-state index contributed by atoms with van der Waals surface area (Å²) in [6.07, 6.45) is 3.43. The van der Waals surface area contributed by atoms with Gasteiger partial charge in [0.1, 0.15) is 0 Å². The van der Waals surface area contributed by atoms with Crippen molar-refractivity contribution in [2.75, 3.05) is 0 Å². The normalized spacial score (nSPS) is 34.2. The van der Waals surface area contributed by atoms with Crippen LogP contribution in [0.15, 0.2) is 17.6 Å². The Bertz CT molecular complexity index is 201. The van der Waals surface area contributed by atoms with Gasteiger partial charge < -0.3 is 0 Å². The Kier molecular flexibility index (Phi) is 1.49. The van der Waals surface area contributed by atoms with Gasteiger partial charge in [-0.3, -0.25) is 0 Å². The smallest absolute Gasteiger partial charge is 0.211 e. The van der Waals surface area contributed by atoms with Crippen molar-refractivity contribution in [3.05, 3.63) is 12.7 Å². The summed E-state index contributed by atoms with van der Waals surface area (Å²) in [5.41, 5.74) is 0.138. The van der Waals surface area contributed by atoms with E-state index in [2.05, 4.69) is 25.4 Å². The third-order valence-corrected chi connectivity index (χ3v) is 2.30. The van der Waals surface area contributed by atoms with Crippen LogP contribution in [0.2, 0.25) is 0 Å². The van der Waals surface area contributed by atoms with E-state index in [1.807, 2.05) is 6.08 Å². The molecule has 2 heteroatoms. The van der Waals surface area contributed by atoms with Crippen molar-refractivity contribution in [3.8, 4) is 0 Å². The topological polar surface area (TPSA) is 29.4 Å². The molecule has 0 aromatic heterocycles. The van der Waals surface area contributed by atoms with Gasteiger partial charge in [-0.2, -0.15) is 0 Å². The quantitative estimate of drug-likeness (QED) is 0.322. The number of carbonyl (C=O) groups excluding carboxylic acids is 1. The summed E-state index contributed by atoms with van der Waals surface area (Å²) < 4.78 is 0. The minimum absolute atomic E-state index is 0.127. The van der Waals surface area contributed by atoms with E-state index in [0.29, 0.717) is 5.92 Å². The molecule has 0 aromatic carbocycles. The molecule has 0 radical (unpaired) electrons. The predicted octanol–water partition coefficient (Wildman–Crippen LogP) is 1.53. The number of hydrogen-bond acceptors (Lipinski definition) is 2. The first-order chi connectivity index (χ1) is 4.64. The first kappa shape index (κ1) is 7.23. The lowest BCUT2D eigenvalue weighted by molar-refractivity contribution is 0.555. The van der Waals surface area contributed by atoms with Crippen LogP contribution in [0, 0.1) is 11.3 Å². The third-order valence-electron chi connectivity index (χ3n) is 2.30. The second kappa shape index (κ2) is 2.06. The number of rotatable bonds is 2. The fraction of sp³-hybridized carbons (Fsp3) is 0.625. The Balaban J connectivity index is 2.69. The summed E-state index contributed by atoms with van der Waals surface area (Å²) in [6, 6.07) is 0.127. The van der Waals surface area contributed by atoms with Crippen LogP contribution >= 0.6 is 0 Å². The average molecular weight is 137 g/mol. The number of aliphatic imine (C=N–C) groups is 1. The molecule has 0 N–H and O–H groups in total. The van der Waals surface area contributed by atoms with Gasteiger partial charge >= 0.3 is 0 Å². The summed E-state index contributed by atoms with van der Waals surface area (Å²) in [5, 5.41) is 0. The van der Waals surface area contributed by atoms with Crippen LogP contribution in [0.1, 0.15) is 13.8 Å². The predicted molar refractivity (Wildman–Crippen MR) is 39.4 cm³/mol. The maximum atomic E-state index is 9.88. The lowest BCUT2D eigenvalue weighted by Crippen LogP contribution is -1.90. The highest BCUT2D eigenvalue weighted by Gasteiger charge is 2.56. The van der Waals surface area contributed by atoms with Crippen molar-refractivity contribution in [1.82, 2.24) is 0 Å². The molecule has 2 unspecified atom stereocenters. The third kappa shape index (κ3) is 0.812. The fourth-order valence-corrected chi connectivity index (χ4v) is 1.39.